The maximum Gasteiger partial charge on any atom is 0.192 e. The van der Waals surface area contributed by atoms with Crippen LogP contribution in [0.15, 0.2) is 0 Å². The summed E-state index contributed by atoms with van der Waals surface area (Å²) < 4.78 is 12.1. The van der Waals surface area contributed by atoms with Crippen LogP contribution in [0, 0.1) is 5.92 Å². The summed E-state index contributed by atoms with van der Waals surface area (Å²) in [5.74, 6) is -0.110. The molecule has 0 saturated carbocycles. The highest BCUT2D eigenvalue weighted by Gasteiger charge is 2.64. The monoisotopic (exact) mass is 286 g/mol. The van der Waals surface area contributed by atoms with Gasteiger partial charge in [-0.2, -0.15) is 0 Å². The van der Waals surface area contributed by atoms with Crippen LogP contribution in [-0.2, 0) is 14.0 Å². The van der Waals surface area contributed by atoms with Crippen molar-refractivity contribution in [3.05, 3.63) is 0 Å². The van der Waals surface area contributed by atoms with E-state index in [0.29, 0.717) is 0 Å². The van der Waals surface area contributed by atoms with E-state index in [2.05, 4.69) is 33.9 Å². The normalized spacial score (nSPS) is 39.1. The van der Waals surface area contributed by atoms with E-state index in [0.717, 1.165) is 6.42 Å². The number of fused-ring (bicyclic) bond motifs is 2. The molecule has 0 spiro atoms. The van der Waals surface area contributed by atoms with Crippen molar-refractivity contribution in [3.8, 4) is 0 Å². The fourth-order valence-corrected chi connectivity index (χ4v) is 4.12. The summed E-state index contributed by atoms with van der Waals surface area (Å²) in [6.45, 7) is 12.4. The summed E-state index contributed by atoms with van der Waals surface area (Å²) in [4.78, 5) is 12.3. The van der Waals surface area contributed by atoms with E-state index in [9.17, 15) is 9.90 Å². The van der Waals surface area contributed by atoms with Gasteiger partial charge < -0.3 is 14.3 Å². The van der Waals surface area contributed by atoms with Crippen molar-refractivity contribution in [3.63, 3.8) is 0 Å². The van der Waals surface area contributed by atoms with Crippen LogP contribution >= 0.6 is 0 Å². The summed E-state index contributed by atoms with van der Waals surface area (Å²) in [5, 5.41) is 9.77. The third-order valence-electron chi connectivity index (χ3n) is 5.19. The molecule has 2 rings (SSSR count). The SMILES string of the molecule is CC1C(=O)C2(CO)OC1CC2O[Si](C)(C)C(C)(C)C. The van der Waals surface area contributed by atoms with Crippen molar-refractivity contribution < 1.29 is 19.1 Å². The summed E-state index contributed by atoms with van der Waals surface area (Å²) in [7, 11) is -1.97. The maximum atomic E-state index is 12.3. The Kier molecular flexibility index (Phi) is 3.50. The van der Waals surface area contributed by atoms with Gasteiger partial charge in [0.1, 0.15) is 0 Å². The molecule has 2 aliphatic heterocycles. The van der Waals surface area contributed by atoms with Gasteiger partial charge in [0.15, 0.2) is 19.7 Å². The summed E-state index contributed by atoms with van der Waals surface area (Å²) >= 11 is 0. The molecule has 0 aromatic heterocycles. The topological polar surface area (TPSA) is 55.8 Å². The van der Waals surface area contributed by atoms with E-state index in [1.165, 1.54) is 0 Å². The Labute approximate surface area is 116 Å². The molecule has 0 aromatic carbocycles. The molecule has 4 unspecified atom stereocenters. The van der Waals surface area contributed by atoms with Crippen molar-refractivity contribution >= 4 is 14.1 Å². The molecule has 2 bridgehead atoms. The number of aliphatic hydroxyl groups is 1. The van der Waals surface area contributed by atoms with Gasteiger partial charge in [0.25, 0.3) is 0 Å². The van der Waals surface area contributed by atoms with E-state index in [4.69, 9.17) is 9.16 Å². The van der Waals surface area contributed by atoms with Crippen molar-refractivity contribution in [2.24, 2.45) is 5.92 Å². The molecule has 0 aliphatic carbocycles. The van der Waals surface area contributed by atoms with Gasteiger partial charge >= 0.3 is 0 Å². The number of carbonyl (C=O) groups is 1. The minimum atomic E-state index is -1.97. The van der Waals surface area contributed by atoms with Crippen LogP contribution in [0.25, 0.3) is 0 Å². The van der Waals surface area contributed by atoms with Crippen molar-refractivity contribution in [2.45, 2.75) is 70.1 Å². The molecule has 2 heterocycles. The lowest BCUT2D eigenvalue weighted by atomic mass is 9.79. The smallest absolute Gasteiger partial charge is 0.192 e. The van der Waals surface area contributed by atoms with Crippen LogP contribution in [0.3, 0.4) is 0 Å². The van der Waals surface area contributed by atoms with Gasteiger partial charge in [0.05, 0.1) is 18.8 Å². The lowest BCUT2D eigenvalue weighted by Gasteiger charge is -2.42. The zero-order valence-corrected chi connectivity index (χ0v) is 13.8. The molecular formula is C14H26O4Si. The van der Waals surface area contributed by atoms with Gasteiger partial charge in [-0.1, -0.05) is 27.7 Å². The predicted molar refractivity (Wildman–Crippen MR) is 75.5 cm³/mol. The first-order valence-electron chi connectivity index (χ1n) is 7.06. The Hall–Kier alpha value is -0.233. The second kappa shape index (κ2) is 4.38. The third-order valence-corrected chi connectivity index (χ3v) is 9.68. The van der Waals surface area contributed by atoms with Gasteiger partial charge in [-0.25, -0.2) is 0 Å². The van der Waals surface area contributed by atoms with E-state index < -0.39 is 13.9 Å². The summed E-state index contributed by atoms with van der Waals surface area (Å²) in [5.41, 5.74) is -1.10. The number of ether oxygens (including phenoxy) is 1. The molecule has 2 aliphatic rings. The van der Waals surface area contributed by atoms with Crippen LogP contribution in [0.5, 0.6) is 0 Å². The first-order chi connectivity index (χ1) is 8.55. The highest BCUT2D eigenvalue weighted by molar-refractivity contribution is 6.74. The zero-order valence-electron chi connectivity index (χ0n) is 12.8. The Morgan fingerprint density at radius 2 is 2.05 bits per heavy atom. The van der Waals surface area contributed by atoms with Gasteiger partial charge in [-0.3, -0.25) is 4.79 Å². The average molecular weight is 286 g/mol. The highest BCUT2D eigenvalue weighted by atomic mass is 28.4. The van der Waals surface area contributed by atoms with Crippen molar-refractivity contribution in [1.82, 2.24) is 0 Å². The molecule has 5 heteroatoms. The van der Waals surface area contributed by atoms with E-state index >= 15 is 0 Å². The Morgan fingerprint density at radius 1 is 1.47 bits per heavy atom. The molecule has 2 fully saturated rings. The van der Waals surface area contributed by atoms with E-state index in [1.54, 1.807) is 0 Å². The molecule has 19 heavy (non-hydrogen) atoms. The van der Waals surface area contributed by atoms with Gasteiger partial charge in [-0.05, 0) is 18.1 Å². The molecule has 110 valence electrons. The fourth-order valence-electron chi connectivity index (χ4n) is 2.77. The molecule has 0 amide bonds. The van der Waals surface area contributed by atoms with Crippen LogP contribution in [0.1, 0.15) is 34.1 Å². The number of aliphatic hydroxyl groups excluding tert-OH is 1. The summed E-state index contributed by atoms with van der Waals surface area (Å²) in [6.07, 6.45) is 0.349. The zero-order chi connectivity index (χ0) is 14.6. The van der Waals surface area contributed by atoms with Gasteiger partial charge in [0.2, 0.25) is 0 Å². The lowest BCUT2D eigenvalue weighted by molar-refractivity contribution is -0.143. The number of rotatable bonds is 3. The molecule has 4 atom stereocenters. The number of hydrogen-bond acceptors (Lipinski definition) is 4. The highest BCUT2D eigenvalue weighted by Crippen LogP contribution is 2.48. The minimum Gasteiger partial charge on any atom is -0.410 e. The van der Waals surface area contributed by atoms with Gasteiger partial charge in [0, 0.05) is 12.3 Å². The lowest BCUT2D eigenvalue weighted by Crippen LogP contribution is -2.57. The Balaban J connectivity index is 2.22. The van der Waals surface area contributed by atoms with Crippen LogP contribution in [-0.4, -0.2) is 43.6 Å². The van der Waals surface area contributed by atoms with Crippen LogP contribution in [0.2, 0.25) is 18.1 Å². The largest absolute Gasteiger partial charge is 0.410 e. The predicted octanol–water partition coefficient (Wildman–Crippen LogP) is 2.12. The first-order valence-corrected chi connectivity index (χ1v) is 9.97. The first kappa shape index (κ1) is 15.2. The fraction of sp³-hybridized carbons (Fsp3) is 0.929. The second-order valence-electron chi connectivity index (χ2n) is 7.46. The molecule has 2 saturated heterocycles. The summed E-state index contributed by atoms with van der Waals surface area (Å²) in [6, 6.07) is 0. The number of ketones is 1. The molecule has 1 N–H and O–H groups in total. The van der Waals surface area contributed by atoms with Crippen LogP contribution in [0.4, 0.5) is 0 Å². The molecule has 0 radical (unpaired) electrons. The third kappa shape index (κ3) is 2.11. The molecule has 4 nitrogen and oxygen atoms in total. The van der Waals surface area contributed by atoms with E-state index in [-0.39, 0.29) is 35.6 Å². The second-order valence-corrected chi connectivity index (χ2v) is 12.2. The van der Waals surface area contributed by atoms with Crippen LogP contribution < -0.4 is 0 Å². The minimum absolute atomic E-state index is 0.00922. The van der Waals surface area contributed by atoms with Crippen molar-refractivity contribution in [1.29, 1.82) is 0 Å². The standard InChI is InChI=1S/C14H26O4Si/c1-9-10-7-11(14(8-15,17-10)12(9)16)18-19(5,6)13(2,3)4/h9-11,15H,7-8H2,1-6H3. The Bertz CT molecular complexity index is 387. The number of hydrogen-bond donors (Lipinski definition) is 1. The molecule has 0 aromatic rings. The Morgan fingerprint density at radius 3 is 2.47 bits per heavy atom. The van der Waals surface area contributed by atoms with Crippen molar-refractivity contribution in [2.75, 3.05) is 6.61 Å². The number of carbonyl (C=O) groups excluding carboxylic acids is 1. The maximum absolute atomic E-state index is 12.3. The van der Waals surface area contributed by atoms with Gasteiger partial charge in [-0.15, -0.1) is 0 Å². The van der Waals surface area contributed by atoms with E-state index in [1.807, 2.05) is 6.92 Å². The number of Topliss-reactive ketones (excluding diaryl/α,β-unsaturated/α-hetero) is 1. The average Bonchev–Trinajstić information content (AvgIpc) is 2.74. The molecular weight excluding hydrogens is 260 g/mol. The quantitative estimate of drug-likeness (QED) is 0.807.